The average molecular weight is 327 g/mol. The van der Waals surface area contributed by atoms with Gasteiger partial charge in [0.15, 0.2) is 0 Å². The first-order valence-corrected chi connectivity index (χ1v) is 6.32. The maximum absolute atomic E-state index is 5.20. The lowest BCUT2D eigenvalue weighted by Gasteiger charge is -1.83. The molecule has 0 amide bonds. The summed E-state index contributed by atoms with van der Waals surface area (Å²) in [6.45, 7) is 0. The molecular formula is C11H6INOS. The zero-order chi connectivity index (χ0) is 10.3. The molecule has 0 saturated carbocycles. The van der Waals surface area contributed by atoms with Crippen molar-refractivity contribution in [2.24, 2.45) is 0 Å². The van der Waals surface area contributed by atoms with Crippen LogP contribution in [0.15, 0.2) is 41.0 Å². The minimum absolute atomic E-state index is 0.681. The van der Waals surface area contributed by atoms with Crippen molar-refractivity contribution in [2.45, 2.75) is 0 Å². The molecule has 0 aliphatic rings. The van der Waals surface area contributed by atoms with E-state index >= 15 is 0 Å². The van der Waals surface area contributed by atoms with Gasteiger partial charge in [-0.1, -0.05) is 18.2 Å². The zero-order valence-corrected chi connectivity index (χ0v) is 10.6. The van der Waals surface area contributed by atoms with Crippen LogP contribution in [-0.4, -0.2) is 4.98 Å². The molecule has 3 aromatic rings. The van der Waals surface area contributed by atoms with Crippen molar-refractivity contribution in [1.82, 2.24) is 4.98 Å². The van der Waals surface area contributed by atoms with Gasteiger partial charge in [-0.3, -0.25) is 0 Å². The molecule has 3 rings (SSSR count). The minimum Gasteiger partial charge on any atom is -0.440 e. The van der Waals surface area contributed by atoms with Gasteiger partial charge in [0.05, 0.1) is 4.88 Å². The third-order valence-electron chi connectivity index (χ3n) is 2.15. The normalized spacial score (nSPS) is 11.0. The number of thiophene rings is 1. The van der Waals surface area contributed by atoms with Crippen LogP contribution in [0.2, 0.25) is 0 Å². The summed E-state index contributed by atoms with van der Waals surface area (Å²) in [4.78, 5) is 5.46. The van der Waals surface area contributed by atoms with Gasteiger partial charge in [0.2, 0.25) is 0 Å². The van der Waals surface area contributed by atoms with Gasteiger partial charge in [0.25, 0.3) is 3.90 Å². The Hall–Kier alpha value is -0.880. The highest BCUT2D eigenvalue weighted by Crippen LogP contribution is 2.32. The Morgan fingerprint density at radius 1 is 1.27 bits per heavy atom. The van der Waals surface area contributed by atoms with E-state index in [1.165, 1.54) is 10.1 Å². The average Bonchev–Trinajstić information content (AvgIpc) is 2.82. The fourth-order valence-corrected chi connectivity index (χ4v) is 2.87. The highest BCUT2D eigenvalue weighted by atomic mass is 127. The quantitative estimate of drug-likeness (QED) is 0.627. The van der Waals surface area contributed by atoms with Gasteiger partial charge in [0, 0.05) is 27.3 Å². The van der Waals surface area contributed by atoms with Crippen LogP contribution >= 0.6 is 33.9 Å². The van der Waals surface area contributed by atoms with Crippen molar-refractivity contribution >= 4 is 44.0 Å². The molecule has 0 radical (unpaired) electrons. The molecule has 2 heterocycles. The molecule has 0 saturated heterocycles. The predicted molar refractivity (Wildman–Crippen MR) is 70.0 cm³/mol. The Kier molecular flexibility index (Phi) is 2.25. The molecule has 4 heteroatoms. The van der Waals surface area contributed by atoms with Crippen LogP contribution < -0.4 is 0 Å². The van der Waals surface area contributed by atoms with Crippen molar-refractivity contribution in [3.05, 3.63) is 40.5 Å². The second-order valence-electron chi connectivity index (χ2n) is 3.13. The standard InChI is InChI=1S/C11H6INOS/c12-11-13-8(6-14-11)10-5-7-3-1-2-4-9(7)15-10/h1-6H. The maximum atomic E-state index is 5.20. The Balaban J connectivity index is 2.19. The van der Waals surface area contributed by atoms with E-state index in [9.17, 15) is 0 Å². The van der Waals surface area contributed by atoms with E-state index in [-0.39, 0.29) is 0 Å². The molecule has 0 aliphatic carbocycles. The molecule has 0 fully saturated rings. The highest BCUT2D eigenvalue weighted by Gasteiger charge is 2.07. The second-order valence-corrected chi connectivity index (χ2v) is 5.14. The van der Waals surface area contributed by atoms with Crippen LogP contribution in [0.25, 0.3) is 20.7 Å². The summed E-state index contributed by atoms with van der Waals surface area (Å²) in [6.07, 6.45) is 1.70. The number of oxazole rings is 1. The van der Waals surface area contributed by atoms with Crippen molar-refractivity contribution < 1.29 is 4.42 Å². The molecule has 15 heavy (non-hydrogen) atoms. The molecule has 2 nitrogen and oxygen atoms in total. The lowest BCUT2D eigenvalue weighted by atomic mass is 10.2. The van der Waals surface area contributed by atoms with Crippen LogP contribution in [0.5, 0.6) is 0 Å². The first kappa shape index (κ1) is 9.35. The highest BCUT2D eigenvalue weighted by molar-refractivity contribution is 14.1. The summed E-state index contributed by atoms with van der Waals surface area (Å²) in [7, 11) is 0. The molecule has 1 aromatic carbocycles. The molecule has 0 spiro atoms. The van der Waals surface area contributed by atoms with Gasteiger partial charge in [-0.05, 0) is 17.5 Å². The van der Waals surface area contributed by atoms with E-state index in [0.717, 1.165) is 10.6 Å². The van der Waals surface area contributed by atoms with Gasteiger partial charge in [-0.2, -0.15) is 0 Å². The number of halogens is 1. The molecule has 2 aromatic heterocycles. The van der Waals surface area contributed by atoms with Gasteiger partial charge < -0.3 is 4.42 Å². The van der Waals surface area contributed by atoms with Crippen LogP contribution in [0.1, 0.15) is 0 Å². The predicted octanol–water partition coefficient (Wildman–Crippen LogP) is 4.16. The van der Waals surface area contributed by atoms with E-state index in [0.29, 0.717) is 3.90 Å². The van der Waals surface area contributed by atoms with Crippen LogP contribution in [0, 0.1) is 3.90 Å². The van der Waals surface area contributed by atoms with Gasteiger partial charge in [0.1, 0.15) is 12.0 Å². The molecule has 0 unspecified atom stereocenters. The van der Waals surface area contributed by atoms with Crippen molar-refractivity contribution in [3.8, 4) is 10.6 Å². The van der Waals surface area contributed by atoms with E-state index < -0.39 is 0 Å². The summed E-state index contributed by atoms with van der Waals surface area (Å²) in [5.74, 6) is 0. The monoisotopic (exact) mass is 327 g/mol. The van der Waals surface area contributed by atoms with Crippen molar-refractivity contribution in [3.63, 3.8) is 0 Å². The molecule has 74 valence electrons. The van der Waals surface area contributed by atoms with E-state index in [1.807, 2.05) is 6.07 Å². The number of hydrogen-bond donors (Lipinski definition) is 0. The number of nitrogens with zero attached hydrogens (tertiary/aromatic N) is 1. The summed E-state index contributed by atoms with van der Waals surface area (Å²) in [5, 5.41) is 1.26. The van der Waals surface area contributed by atoms with Crippen LogP contribution in [-0.2, 0) is 0 Å². The fourth-order valence-electron chi connectivity index (χ4n) is 1.47. The minimum atomic E-state index is 0.681. The summed E-state index contributed by atoms with van der Waals surface area (Å²) < 4.78 is 7.16. The number of benzene rings is 1. The lowest BCUT2D eigenvalue weighted by Crippen LogP contribution is -1.70. The molecule has 0 aliphatic heterocycles. The van der Waals surface area contributed by atoms with Crippen molar-refractivity contribution in [1.29, 1.82) is 0 Å². The topological polar surface area (TPSA) is 26.0 Å². The third-order valence-corrected chi connectivity index (χ3v) is 3.79. The van der Waals surface area contributed by atoms with Crippen LogP contribution in [0.3, 0.4) is 0 Å². The Morgan fingerprint density at radius 2 is 2.13 bits per heavy atom. The SMILES string of the molecule is Ic1nc(-c2cc3ccccc3s2)co1. The van der Waals surface area contributed by atoms with E-state index in [1.54, 1.807) is 17.6 Å². The van der Waals surface area contributed by atoms with Crippen molar-refractivity contribution in [2.75, 3.05) is 0 Å². The smallest absolute Gasteiger partial charge is 0.257 e. The fraction of sp³-hybridized carbons (Fsp3) is 0. The number of hydrogen-bond acceptors (Lipinski definition) is 3. The van der Waals surface area contributed by atoms with Gasteiger partial charge >= 0.3 is 0 Å². The maximum Gasteiger partial charge on any atom is 0.257 e. The number of aromatic nitrogens is 1. The van der Waals surface area contributed by atoms with E-state index in [4.69, 9.17) is 4.42 Å². The first-order valence-electron chi connectivity index (χ1n) is 4.43. The third kappa shape index (κ3) is 1.68. The Labute approximate surface area is 104 Å². The van der Waals surface area contributed by atoms with Gasteiger partial charge in [-0.15, -0.1) is 11.3 Å². The molecule has 0 atom stereocenters. The largest absolute Gasteiger partial charge is 0.440 e. The number of fused-ring (bicyclic) bond motifs is 1. The lowest BCUT2D eigenvalue weighted by molar-refractivity contribution is 0.525. The van der Waals surface area contributed by atoms with E-state index in [2.05, 4.69) is 51.8 Å². The summed E-state index contributed by atoms with van der Waals surface area (Å²) in [5.41, 5.74) is 0.917. The Bertz CT molecular complexity index is 581. The summed E-state index contributed by atoms with van der Waals surface area (Å²) in [6, 6.07) is 10.5. The Morgan fingerprint density at radius 3 is 2.87 bits per heavy atom. The molecular weight excluding hydrogens is 321 g/mol. The van der Waals surface area contributed by atoms with Gasteiger partial charge in [-0.25, -0.2) is 4.98 Å². The number of rotatable bonds is 1. The molecule has 0 N–H and O–H groups in total. The van der Waals surface area contributed by atoms with Crippen LogP contribution in [0.4, 0.5) is 0 Å². The second kappa shape index (κ2) is 3.61. The molecule has 0 bridgehead atoms. The zero-order valence-electron chi connectivity index (χ0n) is 7.61. The summed E-state index contributed by atoms with van der Waals surface area (Å²) >= 11 is 3.81. The first-order chi connectivity index (χ1) is 7.33.